The number of benzene rings is 1. The summed E-state index contributed by atoms with van der Waals surface area (Å²) in [6.07, 6.45) is 4.21. The molecule has 1 heterocycles. The van der Waals surface area contributed by atoms with Gasteiger partial charge in [0.2, 0.25) is 11.8 Å². The average Bonchev–Trinajstić information content (AvgIpc) is 3.10. The molecule has 2 amide bonds. The van der Waals surface area contributed by atoms with Gasteiger partial charge in [0.05, 0.1) is 11.8 Å². The largest absolute Gasteiger partial charge is 0.296 e. The first-order valence-corrected chi connectivity index (χ1v) is 6.97. The molecule has 1 aromatic carbocycles. The van der Waals surface area contributed by atoms with Gasteiger partial charge in [-0.25, -0.2) is 0 Å². The van der Waals surface area contributed by atoms with E-state index in [2.05, 4.69) is 36.5 Å². The maximum atomic E-state index is 12.0. The minimum Gasteiger partial charge on any atom is -0.296 e. The summed E-state index contributed by atoms with van der Waals surface area (Å²) in [6.45, 7) is 2.10. The van der Waals surface area contributed by atoms with Gasteiger partial charge in [-0.3, -0.25) is 14.9 Å². The molecule has 4 rings (SSSR count). The molecule has 1 saturated carbocycles. The zero-order valence-corrected chi connectivity index (χ0v) is 11.2. The highest BCUT2D eigenvalue weighted by molar-refractivity contribution is 6.07. The number of allylic oxidation sites excluding steroid dienone is 4. The van der Waals surface area contributed by atoms with Gasteiger partial charge < -0.3 is 0 Å². The first-order valence-electron chi connectivity index (χ1n) is 6.97. The summed E-state index contributed by atoms with van der Waals surface area (Å²) >= 11 is 0. The van der Waals surface area contributed by atoms with Crippen LogP contribution in [0, 0.1) is 23.7 Å². The van der Waals surface area contributed by atoms with Gasteiger partial charge in [0, 0.05) is 11.8 Å². The molecule has 3 aliphatic rings. The lowest BCUT2D eigenvalue weighted by molar-refractivity contribution is -0.126. The van der Waals surface area contributed by atoms with E-state index in [0.29, 0.717) is 0 Å². The highest BCUT2D eigenvalue weighted by atomic mass is 16.2. The number of hydrogen-bond donors (Lipinski definition) is 1. The molecule has 2 fully saturated rings. The van der Waals surface area contributed by atoms with E-state index in [9.17, 15) is 9.59 Å². The van der Waals surface area contributed by atoms with Crippen molar-refractivity contribution in [3.05, 3.63) is 53.6 Å². The number of carbonyl (C=O) groups is 2. The standard InChI is InChI=1S/C17H15NO2/c1-9(10-5-3-2-4-6-10)13-11-7-8-12(13)15-14(11)16(19)18-17(15)20/h2-8,11-12,14-15H,1H3,(H,18,19,20)/t11-,12-,14+,15+/m1/s1. The van der Waals surface area contributed by atoms with E-state index in [-0.39, 0.29) is 35.5 Å². The van der Waals surface area contributed by atoms with Crippen LogP contribution in [0.3, 0.4) is 0 Å². The van der Waals surface area contributed by atoms with Crippen LogP contribution in [-0.4, -0.2) is 11.8 Å². The Morgan fingerprint density at radius 1 is 0.950 bits per heavy atom. The SMILES string of the molecule is CC(=C1[C@H]2C=C[C@H]1[C@@H]1C(=O)NC(=O)[C@H]12)c1ccccc1. The lowest BCUT2D eigenvalue weighted by atomic mass is 9.85. The molecule has 1 aromatic rings. The van der Waals surface area contributed by atoms with Crippen molar-refractivity contribution in [2.45, 2.75) is 6.92 Å². The molecule has 2 aliphatic carbocycles. The molecule has 1 saturated heterocycles. The molecule has 2 bridgehead atoms. The molecule has 3 nitrogen and oxygen atoms in total. The van der Waals surface area contributed by atoms with Crippen LogP contribution in [0.1, 0.15) is 12.5 Å². The third-order valence-corrected chi connectivity index (χ3v) is 4.90. The fraction of sp³-hybridized carbons (Fsp3) is 0.294. The molecular formula is C17H15NO2. The van der Waals surface area contributed by atoms with E-state index < -0.39 is 0 Å². The summed E-state index contributed by atoms with van der Waals surface area (Å²) in [6, 6.07) is 10.2. The summed E-state index contributed by atoms with van der Waals surface area (Å²) in [4.78, 5) is 23.9. The van der Waals surface area contributed by atoms with Crippen molar-refractivity contribution >= 4 is 17.4 Å². The molecule has 1 aliphatic heterocycles. The van der Waals surface area contributed by atoms with E-state index in [1.54, 1.807) is 0 Å². The molecule has 0 unspecified atom stereocenters. The van der Waals surface area contributed by atoms with Crippen LogP contribution in [0.25, 0.3) is 5.57 Å². The number of carbonyl (C=O) groups excluding carboxylic acids is 2. The van der Waals surface area contributed by atoms with E-state index in [4.69, 9.17) is 0 Å². The maximum Gasteiger partial charge on any atom is 0.231 e. The Bertz CT molecular complexity index is 639. The fourth-order valence-corrected chi connectivity index (χ4v) is 4.04. The first-order chi connectivity index (χ1) is 9.68. The number of rotatable bonds is 1. The van der Waals surface area contributed by atoms with Crippen LogP contribution in [0.15, 0.2) is 48.1 Å². The second-order valence-corrected chi connectivity index (χ2v) is 5.79. The highest BCUT2D eigenvalue weighted by Gasteiger charge is 2.58. The third-order valence-electron chi connectivity index (χ3n) is 4.90. The molecule has 100 valence electrons. The number of amides is 2. The Hall–Kier alpha value is -2.16. The van der Waals surface area contributed by atoms with Crippen LogP contribution in [0.2, 0.25) is 0 Å². The Balaban J connectivity index is 1.84. The fourth-order valence-electron chi connectivity index (χ4n) is 4.04. The van der Waals surface area contributed by atoms with Gasteiger partial charge in [-0.1, -0.05) is 48.1 Å². The Morgan fingerprint density at radius 2 is 1.50 bits per heavy atom. The van der Waals surface area contributed by atoms with Gasteiger partial charge in [-0.15, -0.1) is 0 Å². The topological polar surface area (TPSA) is 46.2 Å². The summed E-state index contributed by atoms with van der Waals surface area (Å²) < 4.78 is 0. The van der Waals surface area contributed by atoms with Gasteiger partial charge in [-0.2, -0.15) is 0 Å². The van der Waals surface area contributed by atoms with Gasteiger partial charge in [0.1, 0.15) is 0 Å². The lowest BCUT2D eigenvalue weighted by Gasteiger charge is -2.14. The van der Waals surface area contributed by atoms with Crippen molar-refractivity contribution in [2.75, 3.05) is 0 Å². The van der Waals surface area contributed by atoms with Crippen molar-refractivity contribution in [3.8, 4) is 0 Å². The van der Waals surface area contributed by atoms with Crippen LogP contribution in [0.5, 0.6) is 0 Å². The Morgan fingerprint density at radius 3 is 2.05 bits per heavy atom. The zero-order valence-electron chi connectivity index (χ0n) is 11.2. The third kappa shape index (κ3) is 1.35. The molecule has 0 spiro atoms. The molecule has 20 heavy (non-hydrogen) atoms. The van der Waals surface area contributed by atoms with E-state index >= 15 is 0 Å². The van der Waals surface area contributed by atoms with Crippen molar-refractivity contribution in [1.82, 2.24) is 5.32 Å². The minimum absolute atomic E-state index is 0.0941. The number of fused-ring (bicyclic) bond motifs is 5. The molecule has 3 heteroatoms. The monoisotopic (exact) mass is 265 g/mol. The smallest absolute Gasteiger partial charge is 0.231 e. The van der Waals surface area contributed by atoms with E-state index in [1.807, 2.05) is 18.2 Å². The summed E-state index contributed by atoms with van der Waals surface area (Å²) in [7, 11) is 0. The van der Waals surface area contributed by atoms with Crippen LogP contribution >= 0.6 is 0 Å². The maximum absolute atomic E-state index is 12.0. The van der Waals surface area contributed by atoms with E-state index in [1.165, 1.54) is 16.7 Å². The van der Waals surface area contributed by atoms with Crippen LogP contribution in [-0.2, 0) is 9.59 Å². The number of imide groups is 1. The Kier molecular flexibility index (Phi) is 2.28. The van der Waals surface area contributed by atoms with Crippen molar-refractivity contribution in [2.24, 2.45) is 23.7 Å². The van der Waals surface area contributed by atoms with Crippen molar-refractivity contribution < 1.29 is 9.59 Å². The van der Waals surface area contributed by atoms with Crippen molar-refractivity contribution in [1.29, 1.82) is 0 Å². The number of nitrogens with one attached hydrogen (secondary N) is 1. The quantitative estimate of drug-likeness (QED) is 0.625. The van der Waals surface area contributed by atoms with Gasteiger partial charge >= 0.3 is 0 Å². The average molecular weight is 265 g/mol. The lowest BCUT2D eigenvalue weighted by Crippen LogP contribution is -2.26. The molecule has 0 radical (unpaired) electrons. The van der Waals surface area contributed by atoms with E-state index in [0.717, 1.165) is 0 Å². The van der Waals surface area contributed by atoms with Crippen LogP contribution < -0.4 is 5.32 Å². The second-order valence-electron chi connectivity index (χ2n) is 5.79. The summed E-state index contributed by atoms with van der Waals surface area (Å²) in [5.74, 6) is -0.393. The zero-order chi connectivity index (χ0) is 13.9. The number of hydrogen-bond acceptors (Lipinski definition) is 2. The van der Waals surface area contributed by atoms with Gasteiger partial charge in [0.15, 0.2) is 0 Å². The van der Waals surface area contributed by atoms with Crippen molar-refractivity contribution in [3.63, 3.8) is 0 Å². The van der Waals surface area contributed by atoms with Gasteiger partial charge in [-0.05, 0) is 18.1 Å². The molecule has 1 N–H and O–H groups in total. The first kappa shape index (κ1) is 11.6. The predicted molar refractivity (Wildman–Crippen MR) is 75.3 cm³/mol. The normalized spacial score (nSPS) is 33.5. The summed E-state index contributed by atoms with van der Waals surface area (Å²) in [5.41, 5.74) is 3.64. The predicted octanol–water partition coefficient (Wildman–Crippen LogP) is 2.16. The summed E-state index contributed by atoms with van der Waals surface area (Å²) in [5, 5.41) is 2.48. The molecular weight excluding hydrogens is 250 g/mol. The Labute approximate surface area is 117 Å². The molecule has 0 aromatic heterocycles. The van der Waals surface area contributed by atoms with Crippen LogP contribution in [0.4, 0.5) is 0 Å². The minimum atomic E-state index is -0.189. The van der Waals surface area contributed by atoms with Gasteiger partial charge in [0.25, 0.3) is 0 Å². The molecule has 4 atom stereocenters. The highest BCUT2D eigenvalue weighted by Crippen LogP contribution is 2.55. The second kappa shape index (κ2) is 3.92.